The zero-order valence-electron chi connectivity index (χ0n) is 4.50. The zero-order valence-corrected chi connectivity index (χ0v) is 4.50. The van der Waals surface area contributed by atoms with Gasteiger partial charge in [-0.25, -0.2) is 9.67 Å². The summed E-state index contributed by atoms with van der Waals surface area (Å²) in [5.41, 5.74) is 0. The minimum absolute atomic E-state index is 0.560. The van der Waals surface area contributed by atoms with Crippen LogP contribution in [0.15, 0.2) is 6.33 Å². The van der Waals surface area contributed by atoms with Crippen molar-refractivity contribution < 1.29 is 0 Å². The van der Waals surface area contributed by atoms with E-state index in [9.17, 15) is 0 Å². The Morgan fingerprint density at radius 3 is 2.88 bits per heavy atom. The van der Waals surface area contributed by atoms with Crippen molar-refractivity contribution in [3.63, 3.8) is 0 Å². The second-order valence-corrected chi connectivity index (χ2v) is 1.35. The number of aryl methyl sites for hydroxylation is 1. The fourth-order valence-corrected chi connectivity index (χ4v) is 0.427. The first-order chi connectivity index (χ1) is 3.84. The van der Waals surface area contributed by atoms with Crippen LogP contribution in [0.1, 0.15) is 5.82 Å². The standard InChI is InChI=1S/C5H5N3/c1-3-5-6-4-7-8(5)2/h1,4H,2H3. The van der Waals surface area contributed by atoms with Crippen molar-refractivity contribution in [2.24, 2.45) is 7.05 Å². The van der Waals surface area contributed by atoms with E-state index in [-0.39, 0.29) is 0 Å². The molecule has 8 heavy (non-hydrogen) atoms. The van der Waals surface area contributed by atoms with Gasteiger partial charge in [-0.2, -0.15) is 5.10 Å². The van der Waals surface area contributed by atoms with E-state index in [4.69, 9.17) is 6.42 Å². The van der Waals surface area contributed by atoms with Crippen LogP contribution in [0.5, 0.6) is 0 Å². The normalized spacial score (nSPS) is 8.50. The van der Waals surface area contributed by atoms with Crippen LogP contribution < -0.4 is 0 Å². The van der Waals surface area contributed by atoms with Crippen LogP contribution >= 0.6 is 0 Å². The maximum atomic E-state index is 5.02. The van der Waals surface area contributed by atoms with Crippen molar-refractivity contribution in [1.29, 1.82) is 0 Å². The molecule has 0 saturated heterocycles. The van der Waals surface area contributed by atoms with Gasteiger partial charge in [-0.1, -0.05) is 0 Å². The molecule has 1 aromatic rings. The second kappa shape index (κ2) is 1.66. The Morgan fingerprint density at radius 1 is 1.88 bits per heavy atom. The summed E-state index contributed by atoms with van der Waals surface area (Å²) in [4.78, 5) is 3.75. The number of nitrogens with zero attached hydrogens (tertiary/aromatic N) is 3. The van der Waals surface area contributed by atoms with E-state index in [0.717, 1.165) is 0 Å². The summed E-state index contributed by atoms with van der Waals surface area (Å²) in [5, 5.41) is 3.75. The molecule has 0 aliphatic heterocycles. The highest BCUT2D eigenvalue weighted by molar-refractivity contribution is 5.13. The minimum Gasteiger partial charge on any atom is -0.242 e. The van der Waals surface area contributed by atoms with Crippen molar-refractivity contribution in [2.45, 2.75) is 0 Å². The molecule has 0 radical (unpaired) electrons. The summed E-state index contributed by atoms with van der Waals surface area (Å²) in [5.74, 6) is 2.92. The molecule has 0 aliphatic carbocycles. The Morgan fingerprint density at radius 2 is 2.62 bits per heavy atom. The molecule has 1 rings (SSSR count). The lowest BCUT2D eigenvalue weighted by molar-refractivity contribution is 0.754. The van der Waals surface area contributed by atoms with E-state index in [2.05, 4.69) is 16.0 Å². The Bertz CT molecular complexity index is 218. The summed E-state index contributed by atoms with van der Waals surface area (Å²) < 4.78 is 1.54. The SMILES string of the molecule is C#Cc1ncnn1C. The van der Waals surface area contributed by atoms with Crippen molar-refractivity contribution >= 4 is 0 Å². The van der Waals surface area contributed by atoms with E-state index in [0.29, 0.717) is 5.82 Å². The molecule has 0 atom stereocenters. The van der Waals surface area contributed by atoms with Gasteiger partial charge < -0.3 is 0 Å². The first-order valence-corrected chi connectivity index (χ1v) is 2.15. The number of hydrogen-bond donors (Lipinski definition) is 0. The van der Waals surface area contributed by atoms with Crippen LogP contribution in [0.2, 0.25) is 0 Å². The van der Waals surface area contributed by atoms with E-state index >= 15 is 0 Å². The van der Waals surface area contributed by atoms with Crippen molar-refractivity contribution in [2.75, 3.05) is 0 Å². The van der Waals surface area contributed by atoms with Gasteiger partial charge in [0.05, 0.1) is 0 Å². The molecule has 0 unspecified atom stereocenters. The lowest BCUT2D eigenvalue weighted by atomic mass is 10.6. The summed E-state index contributed by atoms with van der Waals surface area (Å²) in [6.45, 7) is 0. The lowest BCUT2D eigenvalue weighted by Gasteiger charge is -1.84. The van der Waals surface area contributed by atoms with Gasteiger partial charge in [-0.3, -0.25) is 0 Å². The fourth-order valence-electron chi connectivity index (χ4n) is 0.427. The van der Waals surface area contributed by atoms with Crippen LogP contribution in [0.25, 0.3) is 0 Å². The molecule has 0 fully saturated rings. The van der Waals surface area contributed by atoms with E-state index in [1.54, 1.807) is 11.7 Å². The Hall–Kier alpha value is -1.30. The molecule has 0 saturated carbocycles. The maximum Gasteiger partial charge on any atom is 0.202 e. The van der Waals surface area contributed by atoms with Crippen LogP contribution in [-0.2, 0) is 7.05 Å². The molecule has 1 aromatic heterocycles. The van der Waals surface area contributed by atoms with Gasteiger partial charge in [0.1, 0.15) is 6.33 Å². The molecule has 0 bridgehead atoms. The highest BCUT2D eigenvalue weighted by atomic mass is 15.3. The topological polar surface area (TPSA) is 30.7 Å². The third-order valence-corrected chi connectivity index (χ3v) is 0.840. The van der Waals surface area contributed by atoms with Gasteiger partial charge in [0.25, 0.3) is 0 Å². The third kappa shape index (κ3) is 0.562. The van der Waals surface area contributed by atoms with Gasteiger partial charge in [0.15, 0.2) is 0 Å². The van der Waals surface area contributed by atoms with Crippen LogP contribution in [0.3, 0.4) is 0 Å². The lowest BCUT2D eigenvalue weighted by Crippen LogP contribution is -1.93. The van der Waals surface area contributed by atoms with Gasteiger partial charge in [0.2, 0.25) is 5.82 Å². The average Bonchev–Trinajstić information content (AvgIpc) is 2.14. The van der Waals surface area contributed by atoms with Crippen LogP contribution in [0, 0.1) is 12.3 Å². The van der Waals surface area contributed by atoms with Crippen molar-refractivity contribution in [3.8, 4) is 12.3 Å². The molecule has 40 valence electrons. The Labute approximate surface area is 47.4 Å². The second-order valence-electron chi connectivity index (χ2n) is 1.35. The monoisotopic (exact) mass is 107 g/mol. The van der Waals surface area contributed by atoms with Crippen molar-refractivity contribution in [1.82, 2.24) is 14.8 Å². The largest absolute Gasteiger partial charge is 0.242 e. The zero-order chi connectivity index (χ0) is 5.98. The summed E-state index contributed by atoms with van der Waals surface area (Å²) >= 11 is 0. The quantitative estimate of drug-likeness (QED) is 0.430. The molecule has 3 nitrogen and oxygen atoms in total. The van der Waals surface area contributed by atoms with E-state index < -0.39 is 0 Å². The average molecular weight is 107 g/mol. The minimum atomic E-state index is 0.560. The predicted octanol–water partition coefficient (Wildman–Crippen LogP) is -0.204. The smallest absolute Gasteiger partial charge is 0.202 e. The molecular weight excluding hydrogens is 102 g/mol. The van der Waals surface area contributed by atoms with Gasteiger partial charge in [-0.05, 0) is 5.92 Å². The first-order valence-electron chi connectivity index (χ1n) is 2.15. The number of hydrogen-bond acceptors (Lipinski definition) is 2. The predicted molar refractivity (Wildman–Crippen MR) is 28.9 cm³/mol. The number of terminal acetylenes is 1. The molecule has 0 spiro atoms. The highest BCUT2D eigenvalue weighted by Gasteiger charge is 1.89. The van der Waals surface area contributed by atoms with Gasteiger partial charge in [-0.15, -0.1) is 6.42 Å². The van der Waals surface area contributed by atoms with E-state index in [1.165, 1.54) is 6.33 Å². The number of aromatic nitrogens is 3. The number of rotatable bonds is 0. The maximum absolute atomic E-state index is 5.02. The molecule has 0 aromatic carbocycles. The molecular formula is C5H5N3. The summed E-state index contributed by atoms with van der Waals surface area (Å²) in [6.07, 6.45) is 6.45. The summed E-state index contributed by atoms with van der Waals surface area (Å²) in [6, 6.07) is 0. The van der Waals surface area contributed by atoms with E-state index in [1.807, 2.05) is 0 Å². The molecule has 0 amide bonds. The Balaban J connectivity index is 3.15. The molecule has 1 heterocycles. The van der Waals surface area contributed by atoms with Gasteiger partial charge >= 0.3 is 0 Å². The van der Waals surface area contributed by atoms with Crippen LogP contribution in [0.4, 0.5) is 0 Å². The first kappa shape index (κ1) is 4.85. The third-order valence-electron chi connectivity index (χ3n) is 0.840. The molecule has 3 heteroatoms. The van der Waals surface area contributed by atoms with Gasteiger partial charge in [0, 0.05) is 7.05 Å². The van der Waals surface area contributed by atoms with Crippen molar-refractivity contribution in [3.05, 3.63) is 12.2 Å². The Kier molecular flexibility index (Phi) is 1.01. The van der Waals surface area contributed by atoms with Crippen LogP contribution in [-0.4, -0.2) is 14.8 Å². The molecule has 0 aliphatic rings. The fraction of sp³-hybridized carbons (Fsp3) is 0.200. The summed E-state index contributed by atoms with van der Waals surface area (Å²) in [7, 11) is 1.75. The highest BCUT2D eigenvalue weighted by Crippen LogP contribution is 1.82. The molecule has 0 N–H and O–H groups in total.